The first-order valence-corrected chi connectivity index (χ1v) is 7.97. The number of thiophene rings is 1. The summed E-state index contributed by atoms with van der Waals surface area (Å²) in [7, 11) is 0. The molecule has 2 aromatic rings. The molecule has 3 rings (SSSR count). The van der Waals surface area contributed by atoms with Crippen LogP contribution in [0.4, 0.5) is 5.69 Å². The van der Waals surface area contributed by atoms with Gasteiger partial charge >= 0.3 is 0 Å². The van der Waals surface area contributed by atoms with Gasteiger partial charge in [0, 0.05) is 13.1 Å². The standard InChI is InChI=1S/C16H18N4S/c17-15(14-9-6-12-21-14)19-16(20-10-4-5-11-20)18-13-7-2-1-3-8-13/h1-3,6-9,12H,4-5,10-11H2,(H2,17,18,19). The topological polar surface area (TPSA) is 54.0 Å². The van der Waals surface area contributed by atoms with Crippen molar-refractivity contribution in [1.82, 2.24) is 4.90 Å². The van der Waals surface area contributed by atoms with E-state index >= 15 is 0 Å². The highest BCUT2D eigenvalue weighted by Crippen LogP contribution is 2.16. The van der Waals surface area contributed by atoms with Crippen LogP contribution < -0.4 is 5.73 Å². The van der Waals surface area contributed by atoms with Crippen LogP contribution in [-0.4, -0.2) is 29.8 Å². The van der Waals surface area contributed by atoms with Crippen LogP contribution in [0.25, 0.3) is 0 Å². The molecule has 108 valence electrons. The van der Waals surface area contributed by atoms with E-state index in [0.29, 0.717) is 11.8 Å². The van der Waals surface area contributed by atoms with Gasteiger partial charge in [-0.3, -0.25) is 0 Å². The number of nitrogens with two attached hydrogens (primary N) is 1. The van der Waals surface area contributed by atoms with Crippen LogP contribution >= 0.6 is 11.3 Å². The number of para-hydroxylation sites is 1. The highest BCUT2D eigenvalue weighted by Gasteiger charge is 2.16. The Morgan fingerprint density at radius 2 is 1.81 bits per heavy atom. The predicted molar refractivity (Wildman–Crippen MR) is 89.4 cm³/mol. The Morgan fingerprint density at radius 1 is 1.05 bits per heavy atom. The second-order valence-corrected chi connectivity index (χ2v) is 5.86. The smallest absolute Gasteiger partial charge is 0.227 e. The van der Waals surface area contributed by atoms with Gasteiger partial charge < -0.3 is 10.6 Å². The summed E-state index contributed by atoms with van der Waals surface area (Å²) in [5, 5.41) is 2.00. The Labute approximate surface area is 128 Å². The average molecular weight is 298 g/mol. The molecule has 1 aliphatic rings. The third-order valence-corrected chi connectivity index (χ3v) is 4.26. The number of guanidine groups is 1. The second kappa shape index (κ2) is 6.54. The molecule has 0 aliphatic carbocycles. The zero-order chi connectivity index (χ0) is 14.5. The highest BCUT2D eigenvalue weighted by atomic mass is 32.1. The van der Waals surface area contributed by atoms with Crippen LogP contribution in [0.5, 0.6) is 0 Å². The number of hydrogen-bond donors (Lipinski definition) is 1. The van der Waals surface area contributed by atoms with Crippen LogP contribution in [0, 0.1) is 0 Å². The Kier molecular flexibility index (Phi) is 4.31. The van der Waals surface area contributed by atoms with Crippen LogP contribution in [0.2, 0.25) is 0 Å². The summed E-state index contributed by atoms with van der Waals surface area (Å²) in [5.74, 6) is 1.25. The van der Waals surface area contributed by atoms with Crippen molar-refractivity contribution in [1.29, 1.82) is 0 Å². The molecule has 21 heavy (non-hydrogen) atoms. The summed E-state index contributed by atoms with van der Waals surface area (Å²) in [4.78, 5) is 12.4. The lowest BCUT2D eigenvalue weighted by molar-refractivity contribution is 0.514. The normalized spacial score (nSPS) is 16.5. The highest BCUT2D eigenvalue weighted by molar-refractivity contribution is 7.12. The monoisotopic (exact) mass is 298 g/mol. The summed E-state index contributed by atoms with van der Waals surface area (Å²) < 4.78 is 0. The van der Waals surface area contributed by atoms with Crippen LogP contribution in [0.3, 0.4) is 0 Å². The Hall–Kier alpha value is -2.14. The number of rotatable bonds is 2. The van der Waals surface area contributed by atoms with Gasteiger partial charge in [-0.15, -0.1) is 11.3 Å². The molecule has 0 amide bonds. The maximum absolute atomic E-state index is 6.11. The van der Waals surface area contributed by atoms with Gasteiger partial charge in [-0.2, -0.15) is 4.99 Å². The summed E-state index contributed by atoms with van der Waals surface area (Å²) >= 11 is 1.59. The van der Waals surface area contributed by atoms with Gasteiger partial charge in [-0.25, -0.2) is 4.99 Å². The number of aliphatic imine (C=N–C) groups is 2. The number of amidine groups is 1. The van der Waals surface area contributed by atoms with Crippen molar-refractivity contribution in [2.24, 2.45) is 15.7 Å². The first-order chi connectivity index (χ1) is 10.3. The second-order valence-electron chi connectivity index (χ2n) is 4.92. The SMILES string of the molecule is NC(=NC(=Nc1ccccc1)N1CCCC1)c1cccs1. The van der Waals surface area contributed by atoms with E-state index in [1.165, 1.54) is 12.8 Å². The number of hydrogen-bond acceptors (Lipinski definition) is 2. The molecule has 0 unspecified atom stereocenters. The van der Waals surface area contributed by atoms with Crippen molar-refractivity contribution in [2.75, 3.05) is 13.1 Å². The summed E-state index contributed by atoms with van der Waals surface area (Å²) in [6.07, 6.45) is 2.37. The van der Waals surface area contributed by atoms with E-state index in [-0.39, 0.29) is 0 Å². The number of benzene rings is 1. The van der Waals surface area contributed by atoms with E-state index in [0.717, 1.165) is 23.7 Å². The molecule has 0 spiro atoms. The Morgan fingerprint density at radius 3 is 2.48 bits per heavy atom. The molecule has 0 radical (unpaired) electrons. The molecule has 1 aliphatic heterocycles. The third kappa shape index (κ3) is 3.49. The summed E-state index contributed by atoms with van der Waals surface area (Å²) in [6, 6.07) is 13.9. The average Bonchev–Trinajstić information content (AvgIpc) is 3.21. The van der Waals surface area contributed by atoms with E-state index in [9.17, 15) is 0 Å². The minimum absolute atomic E-state index is 0.534. The van der Waals surface area contributed by atoms with Crippen molar-refractivity contribution in [3.8, 4) is 0 Å². The summed E-state index contributed by atoms with van der Waals surface area (Å²) in [6.45, 7) is 1.99. The molecule has 1 fully saturated rings. The molecule has 1 saturated heterocycles. The lowest BCUT2D eigenvalue weighted by atomic mass is 10.3. The fourth-order valence-electron chi connectivity index (χ4n) is 2.29. The fourth-order valence-corrected chi connectivity index (χ4v) is 2.92. The molecule has 2 N–H and O–H groups in total. The van der Waals surface area contributed by atoms with Gasteiger partial charge in [-0.05, 0) is 36.4 Å². The lowest BCUT2D eigenvalue weighted by Crippen LogP contribution is -2.28. The van der Waals surface area contributed by atoms with Crippen LogP contribution in [0.1, 0.15) is 17.7 Å². The molecule has 5 heteroatoms. The molecule has 2 heterocycles. The molecule has 1 aromatic carbocycles. The van der Waals surface area contributed by atoms with Crippen molar-refractivity contribution >= 4 is 28.8 Å². The predicted octanol–water partition coefficient (Wildman–Crippen LogP) is 3.24. The first kappa shape index (κ1) is 13.8. The Balaban J connectivity index is 1.93. The molecule has 0 bridgehead atoms. The molecule has 1 aromatic heterocycles. The van der Waals surface area contributed by atoms with Gasteiger partial charge in [-0.1, -0.05) is 24.3 Å². The van der Waals surface area contributed by atoms with E-state index in [2.05, 4.69) is 14.9 Å². The molecular formula is C16H18N4S. The van der Waals surface area contributed by atoms with Crippen molar-refractivity contribution in [3.63, 3.8) is 0 Å². The van der Waals surface area contributed by atoms with Crippen molar-refractivity contribution in [3.05, 3.63) is 52.7 Å². The van der Waals surface area contributed by atoms with Gasteiger partial charge in [0.15, 0.2) is 0 Å². The quantitative estimate of drug-likeness (QED) is 0.683. The van der Waals surface area contributed by atoms with Gasteiger partial charge in [0.05, 0.1) is 10.6 Å². The fraction of sp³-hybridized carbons (Fsp3) is 0.250. The lowest BCUT2D eigenvalue weighted by Gasteiger charge is -2.16. The van der Waals surface area contributed by atoms with Gasteiger partial charge in [0.25, 0.3) is 0 Å². The number of likely N-dealkylation sites (tertiary alicyclic amines) is 1. The van der Waals surface area contributed by atoms with E-state index < -0.39 is 0 Å². The van der Waals surface area contributed by atoms with Gasteiger partial charge in [0.1, 0.15) is 5.84 Å². The van der Waals surface area contributed by atoms with E-state index in [1.54, 1.807) is 11.3 Å². The van der Waals surface area contributed by atoms with Crippen LogP contribution in [0.15, 0.2) is 57.8 Å². The zero-order valence-corrected chi connectivity index (χ0v) is 12.6. The molecule has 0 saturated carbocycles. The van der Waals surface area contributed by atoms with Crippen molar-refractivity contribution in [2.45, 2.75) is 12.8 Å². The minimum atomic E-state index is 0.534. The van der Waals surface area contributed by atoms with E-state index in [4.69, 9.17) is 5.73 Å². The molecule has 4 nitrogen and oxygen atoms in total. The Bertz CT molecular complexity index is 626. The maximum atomic E-state index is 6.11. The molecular weight excluding hydrogens is 280 g/mol. The largest absolute Gasteiger partial charge is 0.382 e. The van der Waals surface area contributed by atoms with Crippen LogP contribution in [-0.2, 0) is 0 Å². The zero-order valence-electron chi connectivity index (χ0n) is 11.8. The van der Waals surface area contributed by atoms with Gasteiger partial charge in [0.2, 0.25) is 5.96 Å². The first-order valence-electron chi connectivity index (χ1n) is 7.10. The van der Waals surface area contributed by atoms with E-state index in [1.807, 2.05) is 47.8 Å². The van der Waals surface area contributed by atoms with Crippen molar-refractivity contribution < 1.29 is 0 Å². The minimum Gasteiger partial charge on any atom is -0.382 e. The third-order valence-electron chi connectivity index (χ3n) is 3.37. The maximum Gasteiger partial charge on any atom is 0.227 e. The number of nitrogens with zero attached hydrogens (tertiary/aromatic N) is 3. The molecule has 0 atom stereocenters. The summed E-state index contributed by atoms with van der Waals surface area (Å²) in [5.41, 5.74) is 7.02.